The Hall–Kier alpha value is -2.67. The average Bonchev–Trinajstić information content (AvgIpc) is 3.07. The molecule has 1 aromatic carbocycles. The van der Waals surface area contributed by atoms with Gasteiger partial charge >= 0.3 is 5.97 Å². The molecule has 1 aromatic heterocycles. The lowest BCUT2D eigenvalue weighted by Gasteiger charge is -2.26. The fraction of sp³-hybridized carbons (Fsp3) is 0.389. The lowest BCUT2D eigenvalue weighted by Crippen LogP contribution is -2.39. The molecule has 0 fully saturated rings. The zero-order chi connectivity index (χ0) is 18.4. The third-order valence-corrected chi connectivity index (χ3v) is 4.59. The van der Waals surface area contributed by atoms with E-state index in [0.29, 0.717) is 37.5 Å². The van der Waals surface area contributed by atoms with Crippen molar-refractivity contribution < 1.29 is 19.2 Å². The number of carboxylic acid groups (broad SMARTS) is 1. The van der Waals surface area contributed by atoms with Crippen molar-refractivity contribution in [3.05, 3.63) is 52.3 Å². The summed E-state index contributed by atoms with van der Waals surface area (Å²) >= 11 is 0. The zero-order valence-corrected chi connectivity index (χ0v) is 14.3. The first-order chi connectivity index (χ1) is 11.9. The molecular weight excluding hydrogens is 324 g/mol. The van der Waals surface area contributed by atoms with Gasteiger partial charge in [0.2, 0.25) is 0 Å². The van der Waals surface area contributed by atoms with Crippen molar-refractivity contribution in [1.29, 1.82) is 0 Å². The molecule has 134 valence electrons. The summed E-state index contributed by atoms with van der Waals surface area (Å²) in [6.07, 6.45) is 1.11. The molecule has 0 saturated carbocycles. The van der Waals surface area contributed by atoms with Crippen molar-refractivity contribution in [2.24, 2.45) is 5.41 Å². The highest BCUT2D eigenvalue weighted by Gasteiger charge is 2.34. The minimum absolute atomic E-state index is 0.0290. The third kappa shape index (κ3) is 4.24. The largest absolute Gasteiger partial charge is 0.481 e. The summed E-state index contributed by atoms with van der Waals surface area (Å²) in [6, 6.07) is 9.74. The fourth-order valence-electron chi connectivity index (χ4n) is 2.68. The fourth-order valence-corrected chi connectivity index (χ4v) is 2.68. The minimum atomic E-state index is -0.795. The van der Waals surface area contributed by atoms with E-state index in [9.17, 15) is 20.0 Å². The molecule has 0 saturated heterocycles. The number of non-ortho nitro benzene ring substituents is 1. The second-order valence-corrected chi connectivity index (χ2v) is 5.97. The first kappa shape index (κ1) is 18.7. The molecule has 0 spiro atoms. The van der Waals surface area contributed by atoms with Crippen LogP contribution < -0.4 is 5.32 Å². The number of aliphatic carboxylic acids is 1. The monoisotopic (exact) mass is 346 g/mol. The number of rotatable bonds is 9. The Bertz CT molecular complexity index is 732. The number of hydrogen-bond acceptors (Lipinski definition) is 5. The van der Waals surface area contributed by atoms with E-state index in [0.717, 1.165) is 5.56 Å². The third-order valence-electron chi connectivity index (χ3n) is 4.59. The van der Waals surface area contributed by atoms with E-state index in [1.165, 1.54) is 12.1 Å². The quantitative estimate of drug-likeness (QED) is 0.528. The summed E-state index contributed by atoms with van der Waals surface area (Å²) in [5.41, 5.74) is 0.00790. The van der Waals surface area contributed by atoms with Crippen LogP contribution in [-0.4, -0.2) is 22.5 Å². The van der Waals surface area contributed by atoms with Crippen LogP contribution in [0.1, 0.15) is 32.4 Å². The van der Waals surface area contributed by atoms with Gasteiger partial charge in [-0.2, -0.15) is 0 Å². The van der Waals surface area contributed by atoms with Gasteiger partial charge in [0.15, 0.2) is 0 Å². The molecule has 0 aliphatic carbocycles. The van der Waals surface area contributed by atoms with Crippen molar-refractivity contribution in [1.82, 2.24) is 5.32 Å². The molecule has 25 heavy (non-hydrogen) atoms. The number of benzene rings is 1. The molecule has 0 atom stereocenters. The van der Waals surface area contributed by atoms with Crippen molar-refractivity contribution >= 4 is 11.7 Å². The van der Waals surface area contributed by atoms with Crippen LogP contribution in [0.5, 0.6) is 0 Å². The van der Waals surface area contributed by atoms with E-state index < -0.39 is 16.3 Å². The molecule has 7 nitrogen and oxygen atoms in total. The first-order valence-electron chi connectivity index (χ1n) is 8.19. The van der Waals surface area contributed by atoms with Crippen LogP contribution in [0.2, 0.25) is 0 Å². The Balaban J connectivity index is 1.99. The van der Waals surface area contributed by atoms with Gasteiger partial charge < -0.3 is 14.8 Å². The molecule has 7 heteroatoms. The summed E-state index contributed by atoms with van der Waals surface area (Å²) in [7, 11) is 0. The van der Waals surface area contributed by atoms with Gasteiger partial charge in [0.25, 0.3) is 5.69 Å². The van der Waals surface area contributed by atoms with Gasteiger partial charge in [0.05, 0.1) is 16.9 Å². The molecule has 2 rings (SSSR count). The van der Waals surface area contributed by atoms with Gasteiger partial charge in [-0.25, -0.2) is 0 Å². The molecule has 1 heterocycles. The first-order valence-corrected chi connectivity index (χ1v) is 8.19. The zero-order valence-electron chi connectivity index (χ0n) is 14.3. The molecule has 0 aliphatic rings. The van der Waals surface area contributed by atoms with Crippen molar-refractivity contribution in [2.75, 3.05) is 6.54 Å². The van der Waals surface area contributed by atoms with E-state index in [-0.39, 0.29) is 5.69 Å². The van der Waals surface area contributed by atoms with Gasteiger partial charge in [0, 0.05) is 24.2 Å². The summed E-state index contributed by atoms with van der Waals surface area (Å²) in [6.45, 7) is 4.53. The van der Waals surface area contributed by atoms with Gasteiger partial charge in [0.1, 0.15) is 11.5 Å². The van der Waals surface area contributed by atoms with Crippen LogP contribution in [0.25, 0.3) is 11.3 Å². The second-order valence-electron chi connectivity index (χ2n) is 5.97. The van der Waals surface area contributed by atoms with Crippen molar-refractivity contribution in [3.63, 3.8) is 0 Å². The maximum atomic E-state index is 11.5. The van der Waals surface area contributed by atoms with E-state index in [4.69, 9.17) is 4.42 Å². The number of furan rings is 1. The number of nitro groups is 1. The van der Waals surface area contributed by atoms with Crippen molar-refractivity contribution in [2.45, 2.75) is 33.2 Å². The molecule has 0 aliphatic heterocycles. The summed E-state index contributed by atoms with van der Waals surface area (Å²) < 4.78 is 5.73. The topological polar surface area (TPSA) is 106 Å². The molecule has 0 bridgehead atoms. The standard InChI is InChI=1S/C18H22N2O5/c1-3-18(4-2,17(21)22)12-19-11-15-9-10-16(25-15)13-5-7-14(8-6-13)20(23)24/h5-10,19H,3-4,11-12H2,1-2H3,(H,21,22). The number of hydrogen-bond donors (Lipinski definition) is 2. The SMILES string of the molecule is CCC(CC)(CNCc1ccc(-c2ccc([N+](=O)[O-])cc2)o1)C(=O)O. The Morgan fingerprint density at radius 1 is 1.20 bits per heavy atom. The Kier molecular flexibility index (Phi) is 5.93. The van der Waals surface area contributed by atoms with Crippen LogP contribution in [-0.2, 0) is 11.3 Å². The molecular formula is C18H22N2O5. The molecule has 0 unspecified atom stereocenters. The number of nitrogens with zero attached hydrogens (tertiary/aromatic N) is 1. The molecule has 0 radical (unpaired) electrons. The van der Waals surface area contributed by atoms with Crippen LogP contribution in [0.15, 0.2) is 40.8 Å². The maximum absolute atomic E-state index is 11.5. The molecule has 2 N–H and O–H groups in total. The number of nitro benzene ring substituents is 1. The highest BCUT2D eigenvalue weighted by Crippen LogP contribution is 2.27. The second kappa shape index (κ2) is 7.94. The van der Waals surface area contributed by atoms with Gasteiger partial charge in [-0.3, -0.25) is 14.9 Å². The lowest BCUT2D eigenvalue weighted by molar-refractivity contribution is -0.384. The predicted molar refractivity (Wildman–Crippen MR) is 93.2 cm³/mol. The predicted octanol–water partition coefficient (Wildman–Crippen LogP) is 3.84. The van der Waals surface area contributed by atoms with Gasteiger partial charge in [-0.15, -0.1) is 0 Å². The Labute approximate surface area is 145 Å². The summed E-state index contributed by atoms with van der Waals surface area (Å²) in [5, 5.41) is 23.3. The smallest absolute Gasteiger partial charge is 0.310 e. The van der Waals surface area contributed by atoms with Crippen molar-refractivity contribution in [3.8, 4) is 11.3 Å². The Morgan fingerprint density at radius 2 is 1.84 bits per heavy atom. The molecule has 2 aromatic rings. The molecule has 0 amide bonds. The highest BCUT2D eigenvalue weighted by molar-refractivity contribution is 5.74. The Morgan fingerprint density at radius 3 is 2.36 bits per heavy atom. The van der Waals surface area contributed by atoms with Crippen LogP contribution in [0, 0.1) is 15.5 Å². The normalized spacial score (nSPS) is 11.4. The van der Waals surface area contributed by atoms with Crippen LogP contribution >= 0.6 is 0 Å². The van der Waals surface area contributed by atoms with E-state index >= 15 is 0 Å². The van der Waals surface area contributed by atoms with E-state index in [1.807, 2.05) is 19.9 Å². The summed E-state index contributed by atoms with van der Waals surface area (Å²) in [5.74, 6) is 0.498. The minimum Gasteiger partial charge on any atom is -0.481 e. The van der Waals surface area contributed by atoms with Crippen LogP contribution in [0.3, 0.4) is 0 Å². The van der Waals surface area contributed by atoms with E-state index in [2.05, 4.69) is 5.32 Å². The summed E-state index contributed by atoms with van der Waals surface area (Å²) in [4.78, 5) is 21.7. The van der Waals surface area contributed by atoms with Gasteiger partial charge in [-0.05, 0) is 37.1 Å². The van der Waals surface area contributed by atoms with E-state index in [1.54, 1.807) is 18.2 Å². The van der Waals surface area contributed by atoms with Crippen LogP contribution in [0.4, 0.5) is 5.69 Å². The lowest BCUT2D eigenvalue weighted by atomic mass is 9.82. The highest BCUT2D eigenvalue weighted by atomic mass is 16.6. The number of carbonyl (C=O) groups is 1. The maximum Gasteiger partial charge on any atom is 0.310 e. The average molecular weight is 346 g/mol. The van der Waals surface area contributed by atoms with Gasteiger partial charge in [-0.1, -0.05) is 13.8 Å². The number of nitrogens with one attached hydrogen (secondary N) is 1. The number of carboxylic acids is 1.